The molecule has 1 unspecified atom stereocenters. The van der Waals surface area contributed by atoms with Crippen molar-refractivity contribution in [1.82, 2.24) is 0 Å². The van der Waals surface area contributed by atoms with Crippen LogP contribution in [0.15, 0.2) is 42.5 Å². The van der Waals surface area contributed by atoms with Crippen LogP contribution >= 0.6 is 0 Å². The van der Waals surface area contributed by atoms with E-state index in [0.29, 0.717) is 12.2 Å². The SMILES string of the molecule is Cc1cc(C)cc(CC(Oc2ccccc2C(C)(C)C)C(=O)O)c1. The van der Waals surface area contributed by atoms with E-state index >= 15 is 0 Å². The Morgan fingerprint density at radius 2 is 1.67 bits per heavy atom. The molecule has 0 aliphatic carbocycles. The zero-order chi connectivity index (χ0) is 17.9. The van der Waals surface area contributed by atoms with Crippen LogP contribution in [0.3, 0.4) is 0 Å². The van der Waals surface area contributed by atoms with Gasteiger partial charge in [0.25, 0.3) is 0 Å². The second kappa shape index (κ2) is 7.08. The molecule has 0 fully saturated rings. The third-order valence-corrected chi connectivity index (χ3v) is 3.94. The highest BCUT2D eigenvalue weighted by atomic mass is 16.5. The number of carboxylic acid groups (broad SMARTS) is 1. The number of para-hydroxylation sites is 1. The lowest BCUT2D eigenvalue weighted by Crippen LogP contribution is -2.30. The molecule has 0 aliphatic heterocycles. The Morgan fingerprint density at radius 3 is 2.21 bits per heavy atom. The largest absolute Gasteiger partial charge is 0.478 e. The van der Waals surface area contributed by atoms with E-state index in [0.717, 1.165) is 22.3 Å². The van der Waals surface area contributed by atoms with Crippen LogP contribution < -0.4 is 4.74 Å². The van der Waals surface area contributed by atoms with Crippen LogP contribution in [0.1, 0.15) is 43.0 Å². The second-order valence-corrected chi connectivity index (χ2v) is 7.39. The van der Waals surface area contributed by atoms with Crippen LogP contribution in [0.2, 0.25) is 0 Å². The van der Waals surface area contributed by atoms with Crippen molar-refractivity contribution in [3.63, 3.8) is 0 Å². The van der Waals surface area contributed by atoms with Crippen molar-refractivity contribution >= 4 is 5.97 Å². The molecule has 0 saturated carbocycles. The molecule has 2 aromatic rings. The molecule has 0 spiro atoms. The number of carboxylic acids is 1. The summed E-state index contributed by atoms with van der Waals surface area (Å²) in [5.41, 5.74) is 4.14. The van der Waals surface area contributed by atoms with Gasteiger partial charge in [-0.1, -0.05) is 68.3 Å². The summed E-state index contributed by atoms with van der Waals surface area (Å²) >= 11 is 0. The summed E-state index contributed by atoms with van der Waals surface area (Å²) in [4.78, 5) is 11.7. The first kappa shape index (κ1) is 18.1. The summed E-state index contributed by atoms with van der Waals surface area (Å²) < 4.78 is 5.92. The number of hydrogen-bond acceptors (Lipinski definition) is 2. The van der Waals surface area contributed by atoms with E-state index in [-0.39, 0.29) is 5.41 Å². The average molecular weight is 326 g/mol. The number of aliphatic carboxylic acids is 1. The van der Waals surface area contributed by atoms with Crippen molar-refractivity contribution in [1.29, 1.82) is 0 Å². The van der Waals surface area contributed by atoms with Gasteiger partial charge < -0.3 is 9.84 Å². The van der Waals surface area contributed by atoms with Gasteiger partial charge in [-0.3, -0.25) is 0 Å². The normalized spacial score (nSPS) is 12.7. The van der Waals surface area contributed by atoms with Gasteiger partial charge in [-0.15, -0.1) is 0 Å². The van der Waals surface area contributed by atoms with E-state index in [9.17, 15) is 9.90 Å². The Kier molecular flexibility index (Phi) is 5.33. The Bertz CT molecular complexity index is 706. The summed E-state index contributed by atoms with van der Waals surface area (Å²) in [6.07, 6.45) is -0.564. The maximum absolute atomic E-state index is 11.7. The molecule has 2 aromatic carbocycles. The lowest BCUT2D eigenvalue weighted by Gasteiger charge is -2.25. The second-order valence-electron chi connectivity index (χ2n) is 7.39. The van der Waals surface area contributed by atoms with E-state index in [1.807, 2.05) is 50.2 Å². The van der Waals surface area contributed by atoms with Crippen molar-refractivity contribution in [3.05, 3.63) is 64.7 Å². The predicted octanol–water partition coefficient (Wildman–Crippen LogP) is 4.68. The molecular weight excluding hydrogens is 300 g/mol. The van der Waals surface area contributed by atoms with E-state index in [2.05, 4.69) is 26.8 Å². The van der Waals surface area contributed by atoms with Gasteiger partial charge in [0, 0.05) is 6.42 Å². The molecule has 128 valence electrons. The maximum Gasteiger partial charge on any atom is 0.345 e. The van der Waals surface area contributed by atoms with Crippen LogP contribution in [0, 0.1) is 13.8 Å². The van der Waals surface area contributed by atoms with Gasteiger partial charge in [-0.2, -0.15) is 0 Å². The molecule has 24 heavy (non-hydrogen) atoms. The molecule has 0 amide bonds. The van der Waals surface area contributed by atoms with Crippen LogP contribution in [-0.2, 0) is 16.6 Å². The zero-order valence-electron chi connectivity index (χ0n) is 15.1. The van der Waals surface area contributed by atoms with Crippen LogP contribution in [0.4, 0.5) is 0 Å². The maximum atomic E-state index is 11.7. The third kappa shape index (κ3) is 4.60. The predicted molar refractivity (Wildman–Crippen MR) is 96.8 cm³/mol. The van der Waals surface area contributed by atoms with E-state index in [1.165, 1.54) is 0 Å². The van der Waals surface area contributed by atoms with Crippen LogP contribution in [0.5, 0.6) is 5.75 Å². The topological polar surface area (TPSA) is 46.5 Å². The minimum Gasteiger partial charge on any atom is -0.478 e. The zero-order valence-corrected chi connectivity index (χ0v) is 15.1. The quantitative estimate of drug-likeness (QED) is 0.868. The van der Waals surface area contributed by atoms with Crippen molar-refractivity contribution in [2.24, 2.45) is 0 Å². The molecule has 2 rings (SSSR count). The monoisotopic (exact) mass is 326 g/mol. The first-order valence-corrected chi connectivity index (χ1v) is 8.23. The third-order valence-electron chi connectivity index (χ3n) is 3.94. The number of carbonyl (C=O) groups is 1. The Labute approximate surface area is 144 Å². The Balaban J connectivity index is 2.29. The molecule has 0 saturated heterocycles. The van der Waals surface area contributed by atoms with Gasteiger partial charge in [0.15, 0.2) is 6.10 Å². The highest BCUT2D eigenvalue weighted by molar-refractivity contribution is 5.73. The smallest absolute Gasteiger partial charge is 0.345 e. The summed E-state index contributed by atoms with van der Waals surface area (Å²) in [5.74, 6) is -0.306. The fourth-order valence-electron chi connectivity index (χ4n) is 2.92. The van der Waals surface area contributed by atoms with Crippen molar-refractivity contribution in [3.8, 4) is 5.75 Å². The number of rotatable bonds is 5. The lowest BCUT2D eigenvalue weighted by atomic mass is 9.86. The first-order valence-electron chi connectivity index (χ1n) is 8.23. The van der Waals surface area contributed by atoms with E-state index in [1.54, 1.807) is 0 Å². The standard InChI is InChI=1S/C21H26O3/c1-14-10-15(2)12-16(11-14)13-19(20(22)23)24-18-9-7-6-8-17(18)21(3,4)5/h6-12,19H,13H2,1-5H3,(H,22,23). The van der Waals surface area contributed by atoms with Gasteiger partial charge >= 0.3 is 5.97 Å². The Morgan fingerprint density at radius 1 is 1.08 bits per heavy atom. The minimum atomic E-state index is -0.946. The van der Waals surface area contributed by atoms with Crippen molar-refractivity contribution < 1.29 is 14.6 Å². The first-order chi connectivity index (χ1) is 11.2. The van der Waals surface area contributed by atoms with Gasteiger partial charge in [-0.25, -0.2) is 4.79 Å². The average Bonchev–Trinajstić information content (AvgIpc) is 2.44. The molecule has 0 bridgehead atoms. The van der Waals surface area contributed by atoms with Crippen molar-refractivity contribution in [2.75, 3.05) is 0 Å². The molecule has 0 heterocycles. The van der Waals surface area contributed by atoms with Gasteiger partial charge in [0.05, 0.1) is 0 Å². The Hall–Kier alpha value is -2.29. The van der Waals surface area contributed by atoms with Gasteiger partial charge in [0.1, 0.15) is 5.75 Å². The van der Waals surface area contributed by atoms with Crippen molar-refractivity contribution in [2.45, 2.75) is 52.6 Å². The highest BCUT2D eigenvalue weighted by Crippen LogP contribution is 2.32. The molecule has 0 aromatic heterocycles. The summed E-state index contributed by atoms with van der Waals surface area (Å²) in [6.45, 7) is 10.3. The molecule has 3 heteroatoms. The van der Waals surface area contributed by atoms with Gasteiger partial charge in [-0.05, 0) is 36.5 Å². The molecule has 1 atom stereocenters. The number of benzene rings is 2. The van der Waals surface area contributed by atoms with Crippen LogP contribution in [0.25, 0.3) is 0 Å². The number of ether oxygens (including phenoxy) is 1. The summed E-state index contributed by atoms with van der Waals surface area (Å²) in [7, 11) is 0. The fraction of sp³-hybridized carbons (Fsp3) is 0.381. The lowest BCUT2D eigenvalue weighted by molar-refractivity contribution is -0.145. The van der Waals surface area contributed by atoms with E-state index in [4.69, 9.17) is 4.74 Å². The summed E-state index contributed by atoms with van der Waals surface area (Å²) in [6, 6.07) is 13.8. The van der Waals surface area contributed by atoms with Crippen LogP contribution in [-0.4, -0.2) is 17.2 Å². The number of aryl methyl sites for hydroxylation is 2. The number of hydrogen-bond donors (Lipinski definition) is 1. The highest BCUT2D eigenvalue weighted by Gasteiger charge is 2.24. The molecule has 0 aliphatic rings. The molecule has 1 N–H and O–H groups in total. The van der Waals surface area contributed by atoms with E-state index < -0.39 is 12.1 Å². The fourth-order valence-corrected chi connectivity index (χ4v) is 2.92. The summed E-state index contributed by atoms with van der Waals surface area (Å²) in [5, 5.41) is 9.60. The molecule has 0 radical (unpaired) electrons. The molecule has 3 nitrogen and oxygen atoms in total. The van der Waals surface area contributed by atoms with Gasteiger partial charge in [0.2, 0.25) is 0 Å². The molecular formula is C21H26O3. The minimum absolute atomic E-state index is 0.112.